The molecule has 0 aliphatic carbocycles. The molecule has 0 saturated heterocycles. The molecule has 0 aromatic rings. The highest BCUT2D eigenvalue weighted by molar-refractivity contribution is 5.77. The topological polar surface area (TPSA) is 170 Å². The van der Waals surface area contributed by atoms with Crippen molar-refractivity contribution >= 4 is 35.9 Å². The third kappa shape index (κ3) is 78.5. The van der Waals surface area contributed by atoms with Crippen LogP contribution in [0.3, 0.4) is 0 Å². The molecular weight excluding hydrogens is 1320 g/mol. The van der Waals surface area contributed by atoms with Crippen molar-refractivity contribution in [1.82, 2.24) is 20.4 Å². The highest BCUT2D eigenvalue weighted by atomic mass is 16.6. The Hall–Kier alpha value is -3.58. The minimum atomic E-state index is -0.532. The molecule has 628 valence electrons. The zero-order chi connectivity index (χ0) is 78.5. The van der Waals surface area contributed by atoms with Crippen LogP contribution in [0.15, 0.2) is 0 Å². The van der Waals surface area contributed by atoms with E-state index in [1.165, 1.54) is 283 Å². The van der Waals surface area contributed by atoms with E-state index in [4.69, 9.17) is 18.9 Å². The van der Waals surface area contributed by atoms with Gasteiger partial charge in [-0.15, -0.1) is 0 Å². The van der Waals surface area contributed by atoms with Gasteiger partial charge in [-0.3, -0.25) is 19.2 Å². The smallest absolute Gasteiger partial charge is 0.407 e. The van der Waals surface area contributed by atoms with Crippen LogP contribution in [0.4, 0.5) is 9.59 Å². The maximum Gasteiger partial charge on any atom is 0.407 e. The first-order valence-electron chi connectivity index (χ1n) is 46.1. The van der Waals surface area contributed by atoms with E-state index in [0.29, 0.717) is 115 Å². The molecule has 0 aromatic carbocycles. The van der Waals surface area contributed by atoms with E-state index < -0.39 is 23.4 Å². The minimum Gasteiger partial charge on any atom is -0.465 e. The van der Waals surface area contributed by atoms with Crippen LogP contribution in [0.1, 0.15) is 481 Å². The van der Waals surface area contributed by atoms with Gasteiger partial charge in [-0.2, -0.15) is 0 Å². The van der Waals surface area contributed by atoms with Crippen LogP contribution in [0.5, 0.6) is 0 Å². The molecule has 2 unspecified atom stereocenters. The van der Waals surface area contributed by atoms with Crippen LogP contribution in [0.25, 0.3) is 0 Å². The standard InChI is InChI=1S/2C46H90N2O5/c2*1-7-10-13-16-18-19-20-21-22-23-24-25-27-32-39-48(40-33-38-47-45(51)53-46(4,5)6)43(49)36-30-31-37-44(50)52-41-42(34-28-15-12-9-3)35-29-26-17-14-11-8-2/h2*42H,7-41H2,1-6H3,(H,47,51). The molecule has 0 rings (SSSR count). The number of nitrogens with one attached hydrogen (secondary N) is 2. The third-order valence-corrected chi connectivity index (χ3v) is 20.7. The molecule has 0 fully saturated rings. The Morgan fingerprint density at radius 3 is 0.717 bits per heavy atom. The quantitative estimate of drug-likeness (QED) is 0.0339. The van der Waals surface area contributed by atoms with Gasteiger partial charge < -0.3 is 39.4 Å². The lowest BCUT2D eigenvalue weighted by molar-refractivity contribution is -0.146. The van der Waals surface area contributed by atoms with Crippen molar-refractivity contribution in [3.8, 4) is 0 Å². The summed E-state index contributed by atoms with van der Waals surface area (Å²) in [5, 5.41) is 5.65. The second kappa shape index (κ2) is 78.1. The van der Waals surface area contributed by atoms with E-state index in [1.54, 1.807) is 0 Å². The zero-order valence-electron chi connectivity index (χ0n) is 72.6. The van der Waals surface area contributed by atoms with Gasteiger partial charge in [-0.1, -0.05) is 337 Å². The Morgan fingerprint density at radius 1 is 0.264 bits per heavy atom. The number of unbranched alkanes of at least 4 members (excludes halogenated alkanes) is 44. The molecule has 2 atom stereocenters. The van der Waals surface area contributed by atoms with E-state index in [-0.39, 0.29) is 23.8 Å². The Morgan fingerprint density at radius 2 is 0.472 bits per heavy atom. The summed E-state index contributed by atoms with van der Waals surface area (Å²) in [7, 11) is 0. The lowest BCUT2D eigenvalue weighted by Crippen LogP contribution is -2.36. The summed E-state index contributed by atoms with van der Waals surface area (Å²) in [5.41, 5.74) is -1.06. The van der Waals surface area contributed by atoms with E-state index in [0.717, 1.165) is 64.5 Å². The summed E-state index contributed by atoms with van der Waals surface area (Å²) < 4.78 is 22.3. The molecule has 0 radical (unpaired) electrons. The monoisotopic (exact) mass is 1500 g/mol. The normalized spacial score (nSPS) is 12.1. The van der Waals surface area contributed by atoms with Crippen molar-refractivity contribution in [2.24, 2.45) is 11.8 Å². The van der Waals surface area contributed by atoms with Crippen molar-refractivity contribution in [2.45, 2.75) is 492 Å². The second-order valence-corrected chi connectivity index (χ2v) is 33.8. The number of ether oxygens (including phenoxy) is 4. The highest BCUT2D eigenvalue weighted by Gasteiger charge is 2.21. The first-order chi connectivity index (χ1) is 51.2. The first-order valence-corrected chi connectivity index (χ1v) is 46.1. The molecule has 106 heavy (non-hydrogen) atoms. The van der Waals surface area contributed by atoms with Gasteiger partial charge in [0.15, 0.2) is 0 Å². The zero-order valence-corrected chi connectivity index (χ0v) is 72.6. The molecular formula is C92H180N4O10. The number of rotatable bonds is 76. The number of alkyl carbamates (subject to hydrolysis) is 2. The molecule has 0 bridgehead atoms. The number of esters is 2. The molecule has 0 aliphatic heterocycles. The summed E-state index contributed by atoms with van der Waals surface area (Å²) in [6, 6.07) is 0. The van der Waals surface area contributed by atoms with E-state index in [2.05, 4.69) is 52.2 Å². The SMILES string of the molecule is CCCCCCCCCCCCCCCCN(CCCNC(=O)OC(C)(C)C)C(=O)CCCCC(=O)OCC(CCCCCC)CCCCCCCC.CCCCCCCCCCCCCCCCN(CCCNC(=O)OC(C)(C)C)C(=O)CCCCC(=O)OCC(CCCCCC)CCCCCCCC. The molecule has 4 amide bonds. The van der Waals surface area contributed by atoms with Gasteiger partial charge in [0.1, 0.15) is 11.2 Å². The van der Waals surface area contributed by atoms with Crippen molar-refractivity contribution in [3.05, 3.63) is 0 Å². The molecule has 0 aliphatic rings. The largest absolute Gasteiger partial charge is 0.465 e. The molecule has 0 aromatic heterocycles. The molecule has 0 saturated carbocycles. The predicted molar refractivity (Wildman–Crippen MR) is 451 cm³/mol. The van der Waals surface area contributed by atoms with Gasteiger partial charge in [0.05, 0.1) is 13.2 Å². The Kier molecular flexibility index (Phi) is 77.0. The Bertz CT molecular complexity index is 1820. The Labute approximate surface area is 657 Å². The van der Waals surface area contributed by atoms with Gasteiger partial charge in [-0.25, -0.2) is 9.59 Å². The summed E-state index contributed by atoms with van der Waals surface area (Å²) in [6.45, 7) is 29.5. The first kappa shape index (κ1) is 104. The number of amides is 4. The predicted octanol–water partition coefficient (Wildman–Crippen LogP) is 27.3. The number of carbonyl (C=O) groups excluding carboxylic acids is 6. The lowest BCUT2D eigenvalue weighted by Gasteiger charge is -2.24. The number of hydrogen-bond acceptors (Lipinski definition) is 10. The van der Waals surface area contributed by atoms with Crippen LogP contribution in [0, 0.1) is 11.8 Å². The average molecular weight is 1500 g/mol. The van der Waals surface area contributed by atoms with Gasteiger partial charge in [0.25, 0.3) is 0 Å². The number of nitrogens with zero attached hydrogens (tertiary/aromatic N) is 2. The van der Waals surface area contributed by atoms with Gasteiger partial charge in [0, 0.05) is 65.0 Å². The summed E-state index contributed by atoms with van der Waals surface area (Å²) in [5.74, 6) is 0.999. The molecule has 2 N–H and O–H groups in total. The minimum absolute atomic E-state index is 0.119. The number of hydrogen-bond donors (Lipinski definition) is 2. The van der Waals surface area contributed by atoms with Crippen LogP contribution >= 0.6 is 0 Å². The molecule has 0 heterocycles. The van der Waals surface area contributed by atoms with Crippen LogP contribution in [-0.4, -0.2) is 109 Å². The van der Waals surface area contributed by atoms with E-state index >= 15 is 0 Å². The highest BCUT2D eigenvalue weighted by Crippen LogP contribution is 2.24. The Balaban J connectivity index is 0. The van der Waals surface area contributed by atoms with Gasteiger partial charge in [-0.05, 0) is 130 Å². The number of carbonyl (C=O) groups is 6. The van der Waals surface area contributed by atoms with Crippen LogP contribution < -0.4 is 10.6 Å². The molecule has 14 nitrogen and oxygen atoms in total. The third-order valence-electron chi connectivity index (χ3n) is 20.7. The summed E-state index contributed by atoms with van der Waals surface area (Å²) in [4.78, 5) is 80.1. The van der Waals surface area contributed by atoms with Crippen LogP contribution in [0.2, 0.25) is 0 Å². The fourth-order valence-electron chi connectivity index (χ4n) is 14.0. The van der Waals surface area contributed by atoms with Crippen molar-refractivity contribution in [1.29, 1.82) is 0 Å². The van der Waals surface area contributed by atoms with Crippen molar-refractivity contribution in [3.63, 3.8) is 0 Å². The molecule has 14 heteroatoms. The maximum atomic E-state index is 13.3. The lowest BCUT2D eigenvalue weighted by atomic mass is 9.95. The van der Waals surface area contributed by atoms with Crippen molar-refractivity contribution in [2.75, 3.05) is 52.5 Å². The van der Waals surface area contributed by atoms with E-state index in [9.17, 15) is 28.8 Å². The average Bonchev–Trinajstić information content (AvgIpc) is 0.955. The van der Waals surface area contributed by atoms with Gasteiger partial charge >= 0.3 is 24.1 Å². The summed E-state index contributed by atoms with van der Waals surface area (Å²) in [6.07, 6.45) is 71.8. The fourth-order valence-corrected chi connectivity index (χ4v) is 14.0. The second-order valence-electron chi connectivity index (χ2n) is 33.8. The summed E-state index contributed by atoms with van der Waals surface area (Å²) >= 11 is 0. The van der Waals surface area contributed by atoms with Crippen LogP contribution in [-0.2, 0) is 38.1 Å². The van der Waals surface area contributed by atoms with Gasteiger partial charge in [0.2, 0.25) is 11.8 Å². The van der Waals surface area contributed by atoms with Crippen molar-refractivity contribution < 1.29 is 47.7 Å². The fraction of sp³-hybridized carbons (Fsp3) is 0.935. The maximum absolute atomic E-state index is 13.3. The molecule has 0 spiro atoms. The van der Waals surface area contributed by atoms with E-state index in [1.807, 2.05) is 51.3 Å².